The van der Waals surface area contributed by atoms with Crippen LogP contribution in [0.1, 0.15) is 27.7 Å². The van der Waals surface area contributed by atoms with Crippen LogP contribution in [0.2, 0.25) is 0 Å². The normalized spacial score (nSPS) is 11.8. The summed E-state index contributed by atoms with van der Waals surface area (Å²) in [5.74, 6) is -4.44. The molecular weight excluding hydrogens is 310 g/mol. The molecule has 8 heteroatoms. The van der Waals surface area contributed by atoms with E-state index in [0.29, 0.717) is 11.8 Å². The second kappa shape index (κ2) is 6.39. The van der Waals surface area contributed by atoms with Crippen LogP contribution >= 0.6 is 0 Å². The van der Waals surface area contributed by atoms with Crippen LogP contribution in [0.25, 0.3) is 0 Å². The molecular formula is C15H12F2N2O4. The zero-order valence-electron chi connectivity index (χ0n) is 11.9. The number of hydrogen-bond donors (Lipinski definition) is 3. The molecule has 1 heterocycles. The van der Waals surface area contributed by atoms with Crippen LogP contribution in [0.5, 0.6) is 0 Å². The van der Waals surface area contributed by atoms with Gasteiger partial charge in [0.1, 0.15) is 17.2 Å². The van der Waals surface area contributed by atoms with Crippen molar-refractivity contribution < 1.29 is 23.5 Å². The molecule has 2 aromatic rings. The van der Waals surface area contributed by atoms with Gasteiger partial charge in [0, 0.05) is 11.3 Å². The highest BCUT2D eigenvalue weighted by Crippen LogP contribution is 2.19. The zero-order chi connectivity index (χ0) is 17.1. The minimum Gasteiger partial charge on any atom is -0.479 e. The fraction of sp³-hybridized carbons (Fsp3) is 0.133. The Morgan fingerprint density at radius 3 is 2.52 bits per heavy atom. The molecule has 0 radical (unpaired) electrons. The molecule has 0 bridgehead atoms. The quantitative estimate of drug-likeness (QED) is 0.794. The van der Waals surface area contributed by atoms with E-state index < -0.39 is 40.7 Å². The van der Waals surface area contributed by atoms with Crippen molar-refractivity contribution in [2.75, 3.05) is 0 Å². The molecule has 120 valence electrons. The maximum absolute atomic E-state index is 13.7. The first kappa shape index (κ1) is 16.3. The van der Waals surface area contributed by atoms with E-state index in [1.807, 2.05) is 5.32 Å². The summed E-state index contributed by atoms with van der Waals surface area (Å²) in [4.78, 5) is 37.4. The third kappa shape index (κ3) is 3.60. The average molecular weight is 322 g/mol. The van der Waals surface area contributed by atoms with Crippen molar-refractivity contribution in [1.29, 1.82) is 0 Å². The maximum Gasteiger partial charge on any atom is 0.331 e. The number of carbonyl (C=O) groups is 2. The van der Waals surface area contributed by atoms with Crippen molar-refractivity contribution >= 4 is 11.9 Å². The number of aromatic amines is 1. The first-order valence-electron chi connectivity index (χ1n) is 6.48. The van der Waals surface area contributed by atoms with Gasteiger partial charge in [-0.2, -0.15) is 0 Å². The van der Waals surface area contributed by atoms with Gasteiger partial charge in [0.2, 0.25) is 0 Å². The number of carbonyl (C=O) groups excluding carboxylic acids is 1. The fourth-order valence-electron chi connectivity index (χ4n) is 1.97. The molecule has 2 rings (SSSR count). The van der Waals surface area contributed by atoms with Crippen LogP contribution in [0.4, 0.5) is 8.78 Å². The lowest BCUT2D eigenvalue weighted by Crippen LogP contribution is -2.37. The molecule has 1 aromatic carbocycles. The Morgan fingerprint density at radius 2 is 1.91 bits per heavy atom. The molecule has 0 spiro atoms. The Kier molecular flexibility index (Phi) is 4.54. The minimum absolute atomic E-state index is 0.335. The number of benzene rings is 1. The predicted molar refractivity (Wildman–Crippen MR) is 76.0 cm³/mol. The number of aryl methyl sites for hydroxylation is 1. The van der Waals surface area contributed by atoms with E-state index in [9.17, 15) is 23.2 Å². The molecule has 0 aliphatic carbocycles. The number of halogens is 2. The highest BCUT2D eigenvalue weighted by atomic mass is 19.1. The molecule has 0 aliphatic rings. The third-order valence-corrected chi connectivity index (χ3v) is 3.09. The number of amides is 1. The Bertz CT molecular complexity index is 832. The summed E-state index contributed by atoms with van der Waals surface area (Å²) in [6.45, 7) is 1.60. The molecule has 1 aromatic heterocycles. The van der Waals surface area contributed by atoms with Crippen LogP contribution in [0.15, 0.2) is 35.1 Å². The van der Waals surface area contributed by atoms with Crippen LogP contribution < -0.4 is 10.9 Å². The summed E-state index contributed by atoms with van der Waals surface area (Å²) in [5.41, 5.74) is -1.09. The lowest BCUT2D eigenvalue weighted by molar-refractivity contribution is -0.139. The van der Waals surface area contributed by atoms with E-state index in [-0.39, 0.29) is 5.56 Å². The maximum atomic E-state index is 13.7. The second-order valence-corrected chi connectivity index (χ2v) is 4.79. The molecule has 1 amide bonds. The molecule has 0 saturated carbocycles. The summed E-state index contributed by atoms with van der Waals surface area (Å²) < 4.78 is 26.9. The van der Waals surface area contributed by atoms with E-state index in [4.69, 9.17) is 5.11 Å². The SMILES string of the molecule is Cc1ccc(C(=O)NC(C(=O)O)c2cc(F)ccc2F)c(=O)[nH]1. The second-order valence-electron chi connectivity index (χ2n) is 4.79. The number of carboxylic acid groups (broad SMARTS) is 1. The Hall–Kier alpha value is -3.03. The third-order valence-electron chi connectivity index (χ3n) is 3.09. The number of carboxylic acids is 1. The van der Waals surface area contributed by atoms with Gasteiger partial charge >= 0.3 is 5.97 Å². The predicted octanol–water partition coefficient (Wildman–Crippen LogP) is 1.52. The Morgan fingerprint density at radius 1 is 1.22 bits per heavy atom. The summed E-state index contributed by atoms with van der Waals surface area (Å²) >= 11 is 0. The van der Waals surface area contributed by atoms with Crippen LogP contribution in [-0.4, -0.2) is 22.0 Å². The van der Waals surface area contributed by atoms with Gasteiger partial charge in [-0.25, -0.2) is 13.6 Å². The Labute approximate surface area is 128 Å². The number of pyridine rings is 1. The smallest absolute Gasteiger partial charge is 0.331 e. The lowest BCUT2D eigenvalue weighted by Gasteiger charge is -2.15. The minimum atomic E-state index is -1.83. The number of H-pyrrole nitrogens is 1. The van der Waals surface area contributed by atoms with Crippen molar-refractivity contribution in [3.8, 4) is 0 Å². The van der Waals surface area contributed by atoms with Crippen LogP contribution in [0, 0.1) is 18.6 Å². The largest absolute Gasteiger partial charge is 0.479 e. The number of nitrogens with one attached hydrogen (secondary N) is 2. The van der Waals surface area contributed by atoms with Crippen molar-refractivity contribution in [1.82, 2.24) is 10.3 Å². The molecule has 3 N–H and O–H groups in total. The number of rotatable bonds is 4. The number of aromatic nitrogens is 1. The first-order chi connectivity index (χ1) is 10.8. The van der Waals surface area contributed by atoms with E-state index in [1.165, 1.54) is 12.1 Å². The zero-order valence-corrected chi connectivity index (χ0v) is 11.9. The van der Waals surface area contributed by atoms with Crippen molar-refractivity contribution in [3.63, 3.8) is 0 Å². The highest BCUT2D eigenvalue weighted by molar-refractivity contribution is 5.96. The standard InChI is InChI=1S/C15H12F2N2O4/c1-7-2-4-9(13(20)18-7)14(21)19-12(15(22)23)10-6-8(16)3-5-11(10)17/h2-6,12H,1H3,(H,18,20)(H,19,21)(H,22,23). The van der Waals surface area contributed by atoms with E-state index >= 15 is 0 Å². The van der Waals surface area contributed by atoms with Gasteiger partial charge in [-0.3, -0.25) is 9.59 Å². The van der Waals surface area contributed by atoms with Crippen LogP contribution in [-0.2, 0) is 4.79 Å². The Balaban J connectivity index is 2.36. The monoisotopic (exact) mass is 322 g/mol. The molecule has 0 aliphatic heterocycles. The fourth-order valence-corrected chi connectivity index (χ4v) is 1.97. The summed E-state index contributed by atoms with van der Waals surface area (Å²) in [6.07, 6.45) is 0. The van der Waals surface area contributed by atoms with Crippen molar-refractivity contribution in [2.24, 2.45) is 0 Å². The van der Waals surface area contributed by atoms with E-state index in [0.717, 1.165) is 12.1 Å². The average Bonchev–Trinajstić information content (AvgIpc) is 2.47. The molecule has 6 nitrogen and oxygen atoms in total. The summed E-state index contributed by atoms with van der Waals surface area (Å²) in [7, 11) is 0. The van der Waals surface area contributed by atoms with Gasteiger partial charge in [0.05, 0.1) is 0 Å². The summed E-state index contributed by atoms with van der Waals surface area (Å²) in [6, 6.07) is 3.08. The van der Waals surface area contributed by atoms with Gasteiger partial charge in [-0.05, 0) is 37.3 Å². The van der Waals surface area contributed by atoms with Gasteiger partial charge in [0.15, 0.2) is 6.04 Å². The van der Waals surface area contributed by atoms with Gasteiger partial charge in [-0.15, -0.1) is 0 Å². The van der Waals surface area contributed by atoms with Gasteiger partial charge in [-0.1, -0.05) is 0 Å². The first-order valence-corrected chi connectivity index (χ1v) is 6.48. The van der Waals surface area contributed by atoms with Crippen LogP contribution in [0.3, 0.4) is 0 Å². The molecule has 0 saturated heterocycles. The van der Waals surface area contributed by atoms with Crippen molar-refractivity contribution in [3.05, 3.63) is 69.1 Å². The molecule has 23 heavy (non-hydrogen) atoms. The van der Waals surface area contributed by atoms with Gasteiger partial charge < -0.3 is 15.4 Å². The molecule has 1 atom stereocenters. The number of aliphatic carboxylic acids is 1. The lowest BCUT2D eigenvalue weighted by atomic mass is 10.1. The molecule has 0 fully saturated rings. The number of hydrogen-bond acceptors (Lipinski definition) is 3. The van der Waals surface area contributed by atoms with E-state index in [2.05, 4.69) is 4.98 Å². The van der Waals surface area contributed by atoms with E-state index in [1.54, 1.807) is 6.92 Å². The van der Waals surface area contributed by atoms with Crippen molar-refractivity contribution in [2.45, 2.75) is 13.0 Å². The highest BCUT2D eigenvalue weighted by Gasteiger charge is 2.27. The topological polar surface area (TPSA) is 99.3 Å². The molecule has 1 unspecified atom stereocenters. The van der Waals surface area contributed by atoms with Gasteiger partial charge in [0.25, 0.3) is 11.5 Å². The summed E-state index contributed by atoms with van der Waals surface area (Å²) in [5, 5.41) is 11.2.